The molecule has 5 nitrogen and oxygen atoms in total. The molecule has 1 unspecified atom stereocenters. The summed E-state index contributed by atoms with van der Waals surface area (Å²) in [4.78, 5) is 26.1. The summed E-state index contributed by atoms with van der Waals surface area (Å²) in [5.74, 6) is -0.00781. The number of nitrogens with one attached hydrogen (secondary N) is 1. The van der Waals surface area contributed by atoms with E-state index < -0.39 is 15.3 Å². The molecule has 1 aliphatic heterocycles. The van der Waals surface area contributed by atoms with Crippen LogP contribution in [0.15, 0.2) is 0 Å². The van der Waals surface area contributed by atoms with E-state index in [9.17, 15) is 9.59 Å². The second kappa shape index (κ2) is 6.37. The number of alkyl halides is 4. The number of piperazine rings is 1. The zero-order chi connectivity index (χ0) is 13.9. The summed E-state index contributed by atoms with van der Waals surface area (Å²) in [6.45, 7) is 3.32. The van der Waals surface area contributed by atoms with E-state index in [0.717, 1.165) is 0 Å². The summed E-state index contributed by atoms with van der Waals surface area (Å²) in [7, 11) is 0. The summed E-state index contributed by atoms with van der Waals surface area (Å²) in [5.41, 5.74) is -1.11. The number of nitrogens with zero attached hydrogens (tertiary/aromatic N) is 2. The molecule has 0 radical (unpaired) electrons. The lowest BCUT2D eigenvalue weighted by atomic mass is 10.3. The first kappa shape index (κ1) is 16.0. The number of rotatable bonds is 1. The Morgan fingerprint density at radius 3 is 1.94 bits per heavy atom. The Morgan fingerprint density at radius 2 is 1.56 bits per heavy atom. The molecule has 3 amide bonds. The van der Waals surface area contributed by atoms with Gasteiger partial charge in [0.25, 0.3) is 0 Å². The van der Waals surface area contributed by atoms with Crippen molar-refractivity contribution >= 4 is 58.3 Å². The van der Waals surface area contributed by atoms with Crippen LogP contribution in [0, 0.1) is 0 Å². The maximum Gasteiger partial charge on any atom is 0.318 e. The molecular formula is C9H13Cl4N3O2. The van der Waals surface area contributed by atoms with E-state index >= 15 is 0 Å². The third-order valence-corrected chi connectivity index (χ3v) is 3.98. The first-order chi connectivity index (χ1) is 8.21. The highest BCUT2D eigenvalue weighted by atomic mass is 35.6. The van der Waals surface area contributed by atoms with E-state index in [0.29, 0.717) is 26.2 Å². The van der Waals surface area contributed by atoms with Crippen LogP contribution in [0.4, 0.5) is 4.79 Å². The van der Waals surface area contributed by atoms with Gasteiger partial charge in [-0.25, -0.2) is 4.79 Å². The zero-order valence-electron chi connectivity index (χ0n) is 9.63. The number of urea groups is 1. The van der Waals surface area contributed by atoms with Gasteiger partial charge in [0, 0.05) is 33.1 Å². The molecule has 9 heteroatoms. The largest absolute Gasteiger partial charge is 0.339 e. The maximum absolute atomic E-state index is 11.8. The molecule has 1 N–H and O–H groups in total. The van der Waals surface area contributed by atoms with Gasteiger partial charge in [-0.15, -0.1) is 0 Å². The lowest BCUT2D eigenvalue weighted by molar-refractivity contribution is -0.130. The van der Waals surface area contributed by atoms with Crippen LogP contribution < -0.4 is 5.32 Å². The first-order valence-electron chi connectivity index (χ1n) is 5.23. The van der Waals surface area contributed by atoms with Gasteiger partial charge in [-0.3, -0.25) is 4.79 Å². The van der Waals surface area contributed by atoms with Gasteiger partial charge in [0.05, 0.1) is 0 Å². The van der Waals surface area contributed by atoms with Crippen molar-refractivity contribution in [3.8, 4) is 0 Å². The van der Waals surface area contributed by atoms with Gasteiger partial charge < -0.3 is 15.1 Å². The average Bonchev–Trinajstić information content (AvgIpc) is 2.27. The Balaban J connectivity index is 2.43. The number of carbonyl (C=O) groups is 2. The van der Waals surface area contributed by atoms with Crippen LogP contribution in [0.1, 0.15) is 6.92 Å². The van der Waals surface area contributed by atoms with Crippen LogP contribution in [-0.2, 0) is 4.79 Å². The van der Waals surface area contributed by atoms with Gasteiger partial charge in [0.15, 0.2) is 5.50 Å². The Bertz CT molecular complexity index is 326. The summed E-state index contributed by atoms with van der Waals surface area (Å²) in [5, 5.41) is 2.39. The minimum atomic E-state index is -1.77. The molecule has 1 atom stereocenters. The molecule has 1 heterocycles. The topological polar surface area (TPSA) is 52.7 Å². The predicted molar refractivity (Wildman–Crippen MR) is 72.3 cm³/mol. The zero-order valence-corrected chi connectivity index (χ0v) is 12.7. The summed E-state index contributed by atoms with van der Waals surface area (Å²) >= 11 is 22.4. The van der Waals surface area contributed by atoms with Crippen LogP contribution in [-0.4, -0.2) is 57.2 Å². The fourth-order valence-electron chi connectivity index (χ4n) is 1.51. The third-order valence-electron chi connectivity index (χ3n) is 2.55. The molecule has 0 bridgehead atoms. The van der Waals surface area contributed by atoms with Crippen LogP contribution >= 0.6 is 46.4 Å². The molecule has 1 saturated heterocycles. The van der Waals surface area contributed by atoms with Crippen molar-refractivity contribution < 1.29 is 9.59 Å². The highest BCUT2D eigenvalue weighted by Crippen LogP contribution is 2.32. The van der Waals surface area contributed by atoms with Gasteiger partial charge in [-0.1, -0.05) is 46.4 Å². The van der Waals surface area contributed by atoms with E-state index in [4.69, 9.17) is 46.4 Å². The molecule has 0 aromatic carbocycles. The fourth-order valence-corrected chi connectivity index (χ4v) is 1.76. The summed E-state index contributed by atoms with van der Waals surface area (Å²) < 4.78 is -1.77. The van der Waals surface area contributed by atoms with Crippen molar-refractivity contribution in [3.63, 3.8) is 0 Å². The number of carbonyl (C=O) groups excluding carboxylic acids is 2. The normalized spacial score (nSPS) is 18.5. The monoisotopic (exact) mass is 335 g/mol. The Morgan fingerprint density at radius 1 is 1.11 bits per heavy atom. The Kier molecular flexibility index (Phi) is 5.65. The second-order valence-electron chi connectivity index (χ2n) is 3.85. The van der Waals surface area contributed by atoms with Gasteiger partial charge in [0.2, 0.25) is 9.70 Å². The minimum Gasteiger partial charge on any atom is -0.339 e. The van der Waals surface area contributed by atoms with Crippen LogP contribution in [0.2, 0.25) is 0 Å². The molecule has 0 aromatic rings. The number of hydrogen-bond acceptors (Lipinski definition) is 2. The molecular weight excluding hydrogens is 324 g/mol. The van der Waals surface area contributed by atoms with E-state index in [1.165, 1.54) is 11.8 Å². The smallest absolute Gasteiger partial charge is 0.318 e. The quantitative estimate of drug-likeness (QED) is 0.586. The molecule has 104 valence electrons. The van der Waals surface area contributed by atoms with Crippen LogP contribution in [0.5, 0.6) is 0 Å². The molecule has 0 saturated carbocycles. The number of amides is 3. The Labute approximate surface area is 125 Å². The van der Waals surface area contributed by atoms with Crippen molar-refractivity contribution in [2.24, 2.45) is 0 Å². The van der Waals surface area contributed by atoms with Crippen LogP contribution in [0.3, 0.4) is 0 Å². The fraction of sp³-hybridized carbons (Fsp3) is 0.778. The van der Waals surface area contributed by atoms with Crippen LogP contribution in [0.25, 0.3) is 0 Å². The summed E-state index contributed by atoms with van der Waals surface area (Å²) in [6.07, 6.45) is 0. The van der Waals surface area contributed by atoms with E-state index in [-0.39, 0.29) is 5.91 Å². The molecule has 0 aromatic heterocycles. The molecule has 0 spiro atoms. The van der Waals surface area contributed by atoms with Gasteiger partial charge in [0.1, 0.15) is 0 Å². The van der Waals surface area contributed by atoms with Crippen molar-refractivity contribution in [3.05, 3.63) is 0 Å². The van der Waals surface area contributed by atoms with Gasteiger partial charge in [-0.05, 0) is 0 Å². The molecule has 1 rings (SSSR count). The average molecular weight is 337 g/mol. The minimum absolute atomic E-state index is 0.00781. The number of hydrogen-bond donors (Lipinski definition) is 1. The second-order valence-corrected chi connectivity index (χ2v) is 6.65. The van der Waals surface area contributed by atoms with Crippen molar-refractivity contribution in [1.82, 2.24) is 15.1 Å². The highest BCUT2D eigenvalue weighted by molar-refractivity contribution is 6.70. The number of halogens is 4. The maximum atomic E-state index is 11.8. The first-order valence-corrected chi connectivity index (χ1v) is 6.80. The lowest BCUT2D eigenvalue weighted by Crippen LogP contribution is -2.55. The highest BCUT2D eigenvalue weighted by Gasteiger charge is 2.33. The van der Waals surface area contributed by atoms with E-state index in [1.807, 2.05) is 0 Å². The molecule has 1 fully saturated rings. The predicted octanol–water partition coefficient (Wildman–Crippen LogP) is 1.80. The van der Waals surface area contributed by atoms with E-state index in [2.05, 4.69) is 5.32 Å². The molecule has 18 heavy (non-hydrogen) atoms. The Hall–Kier alpha value is -0.100. The molecule has 0 aliphatic carbocycles. The van der Waals surface area contributed by atoms with E-state index in [1.54, 1.807) is 4.90 Å². The lowest BCUT2D eigenvalue weighted by Gasteiger charge is -2.35. The van der Waals surface area contributed by atoms with Gasteiger partial charge in [-0.2, -0.15) is 0 Å². The molecule has 1 aliphatic rings. The van der Waals surface area contributed by atoms with Crippen molar-refractivity contribution in [2.45, 2.75) is 16.2 Å². The van der Waals surface area contributed by atoms with Crippen molar-refractivity contribution in [1.29, 1.82) is 0 Å². The SMILES string of the molecule is CC(=O)N1CCN(C(=O)NC(Cl)C(Cl)(Cl)Cl)CC1. The van der Waals surface area contributed by atoms with Crippen molar-refractivity contribution in [2.75, 3.05) is 26.2 Å². The third kappa shape index (κ3) is 4.53. The van der Waals surface area contributed by atoms with Gasteiger partial charge >= 0.3 is 6.03 Å². The standard InChI is InChI=1S/C9H13Cl4N3O2/c1-6(17)15-2-4-16(5-3-15)8(18)14-7(10)9(11,12)13/h7H,2-5H2,1H3,(H,14,18). The summed E-state index contributed by atoms with van der Waals surface area (Å²) in [6, 6.07) is -0.412.